The van der Waals surface area contributed by atoms with Gasteiger partial charge >= 0.3 is 0 Å². The van der Waals surface area contributed by atoms with Crippen molar-refractivity contribution in [2.45, 2.75) is 6.42 Å². The topological polar surface area (TPSA) is 66.5 Å². The van der Waals surface area contributed by atoms with Crippen LogP contribution in [0.15, 0.2) is 36.5 Å². The Kier molecular flexibility index (Phi) is 5.91. The summed E-state index contributed by atoms with van der Waals surface area (Å²) in [6.07, 6.45) is 4.87. The molecular weight excluding hydrogens is 276 g/mol. The van der Waals surface area contributed by atoms with Gasteiger partial charge < -0.3 is 4.90 Å². The third-order valence-electron chi connectivity index (χ3n) is 2.51. The van der Waals surface area contributed by atoms with E-state index in [1.54, 1.807) is 29.3 Å². The van der Waals surface area contributed by atoms with E-state index in [9.17, 15) is 13.2 Å². The first-order valence-corrected chi connectivity index (χ1v) is 8.09. The second-order valence-electron chi connectivity index (χ2n) is 4.76. The van der Waals surface area contributed by atoms with E-state index in [0.29, 0.717) is 18.5 Å². The summed E-state index contributed by atoms with van der Waals surface area (Å²) < 4.78 is 24.4. The van der Waals surface area contributed by atoms with Crippen LogP contribution in [0.4, 0.5) is 0 Å². The molecule has 0 saturated heterocycles. The number of allylic oxidation sites excluding steroid dienone is 1. The number of benzene rings is 1. The summed E-state index contributed by atoms with van der Waals surface area (Å²) in [4.78, 5) is 13.7. The Hall–Kier alpha value is -1.66. The minimum Gasteiger partial charge on any atom is -0.383 e. The van der Waals surface area contributed by atoms with Gasteiger partial charge in [-0.05, 0) is 18.1 Å². The number of sulfonamides is 1. The van der Waals surface area contributed by atoms with E-state index in [4.69, 9.17) is 0 Å². The Morgan fingerprint density at radius 2 is 2.05 bits per heavy atom. The number of hydrogen-bond acceptors (Lipinski definition) is 4. The molecule has 0 spiro atoms. The van der Waals surface area contributed by atoms with Crippen molar-refractivity contribution in [3.05, 3.63) is 47.7 Å². The molecule has 0 aliphatic heterocycles. The number of carbonyl (C=O) groups is 1. The van der Waals surface area contributed by atoms with E-state index in [0.717, 1.165) is 11.8 Å². The average Bonchev–Trinajstić information content (AvgIpc) is 2.34. The lowest BCUT2D eigenvalue weighted by molar-refractivity contribution is 0.104. The normalized spacial score (nSPS) is 11.8. The minimum atomic E-state index is -3.17. The summed E-state index contributed by atoms with van der Waals surface area (Å²) in [5.41, 5.74) is 1.52. The van der Waals surface area contributed by atoms with Gasteiger partial charge in [-0.3, -0.25) is 4.79 Å². The SMILES string of the molecule is CN(C)C=CC(=O)c1cccc(CCNS(C)(=O)=O)c1. The highest BCUT2D eigenvalue weighted by Gasteiger charge is 2.04. The number of carbonyl (C=O) groups excluding carboxylic acids is 1. The van der Waals surface area contributed by atoms with Gasteiger partial charge in [0.1, 0.15) is 0 Å². The van der Waals surface area contributed by atoms with Crippen molar-refractivity contribution in [3.8, 4) is 0 Å². The van der Waals surface area contributed by atoms with Crippen LogP contribution in [0.25, 0.3) is 0 Å². The molecule has 20 heavy (non-hydrogen) atoms. The first-order chi connectivity index (χ1) is 9.28. The van der Waals surface area contributed by atoms with Crippen molar-refractivity contribution < 1.29 is 13.2 Å². The zero-order valence-electron chi connectivity index (χ0n) is 12.0. The predicted molar refractivity (Wildman–Crippen MR) is 80.2 cm³/mol. The molecule has 1 aromatic rings. The summed E-state index contributed by atoms with van der Waals surface area (Å²) >= 11 is 0. The number of hydrogen-bond donors (Lipinski definition) is 1. The molecule has 1 N–H and O–H groups in total. The van der Waals surface area contributed by atoms with E-state index >= 15 is 0 Å². The summed E-state index contributed by atoms with van der Waals surface area (Å²) in [7, 11) is 0.516. The fourth-order valence-electron chi connectivity index (χ4n) is 1.57. The van der Waals surface area contributed by atoms with Gasteiger partial charge in [-0.15, -0.1) is 0 Å². The molecule has 6 heteroatoms. The molecule has 0 unspecified atom stereocenters. The van der Waals surface area contributed by atoms with Crippen molar-refractivity contribution in [2.75, 3.05) is 26.9 Å². The van der Waals surface area contributed by atoms with E-state index < -0.39 is 10.0 Å². The van der Waals surface area contributed by atoms with Crippen molar-refractivity contribution in [1.82, 2.24) is 9.62 Å². The maximum atomic E-state index is 11.9. The highest BCUT2D eigenvalue weighted by molar-refractivity contribution is 7.88. The highest BCUT2D eigenvalue weighted by atomic mass is 32.2. The second kappa shape index (κ2) is 7.21. The van der Waals surface area contributed by atoms with Crippen molar-refractivity contribution in [2.24, 2.45) is 0 Å². The molecule has 0 aliphatic carbocycles. The summed E-state index contributed by atoms with van der Waals surface area (Å²) in [6, 6.07) is 7.20. The monoisotopic (exact) mass is 296 g/mol. The number of ketones is 1. The van der Waals surface area contributed by atoms with E-state index in [1.165, 1.54) is 6.08 Å². The number of nitrogens with one attached hydrogen (secondary N) is 1. The summed E-state index contributed by atoms with van der Waals surface area (Å²) in [5.74, 6) is -0.0726. The molecule has 0 radical (unpaired) electrons. The summed E-state index contributed by atoms with van der Waals surface area (Å²) in [6.45, 7) is 0.323. The van der Waals surface area contributed by atoms with Gasteiger partial charge in [0.05, 0.1) is 6.26 Å². The van der Waals surface area contributed by atoms with Crippen LogP contribution in [0.2, 0.25) is 0 Å². The molecule has 0 amide bonds. The van der Waals surface area contributed by atoms with Gasteiger partial charge in [-0.25, -0.2) is 13.1 Å². The van der Waals surface area contributed by atoms with Gasteiger partial charge in [0, 0.05) is 38.5 Å². The Morgan fingerprint density at radius 1 is 1.35 bits per heavy atom. The Bertz CT molecular complexity index is 592. The number of rotatable bonds is 7. The molecule has 0 heterocycles. The maximum absolute atomic E-state index is 11.9. The molecular formula is C14H20N2O3S. The van der Waals surface area contributed by atoms with Crippen molar-refractivity contribution >= 4 is 15.8 Å². The van der Waals surface area contributed by atoms with Crippen LogP contribution in [0, 0.1) is 0 Å². The van der Waals surface area contributed by atoms with Gasteiger partial charge in [0.25, 0.3) is 0 Å². The predicted octanol–water partition coefficient (Wildman–Crippen LogP) is 1.04. The Labute approximate surface area is 120 Å². The molecule has 0 saturated carbocycles. The van der Waals surface area contributed by atoms with Crippen LogP contribution < -0.4 is 4.72 Å². The summed E-state index contributed by atoms with van der Waals surface area (Å²) in [5, 5.41) is 0. The van der Waals surface area contributed by atoms with E-state index in [1.807, 2.05) is 20.2 Å². The first kappa shape index (κ1) is 16.4. The quantitative estimate of drug-likeness (QED) is 0.603. The maximum Gasteiger partial charge on any atom is 0.208 e. The Balaban J connectivity index is 2.68. The molecule has 0 atom stereocenters. The van der Waals surface area contributed by atoms with Crippen LogP contribution in [0.5, 0.6) is 0 Å². The first-order valence-electron chi connectivity index (χ1n) is 6.20. The molecule has 1 rings (SSSR count). The standard InChI is InChI=1S/C14H20N2O3S/c1-16(2)10-8-14(17)13-6-4-5-12(11-13)7-9-15-20(3,18)19/h4-6,8,10-11,15H,7,9H2,1-3H3. The smallest absolute Gasteiger partial charge is 0.208 e. The largest absolute Gasteiger partial charge is 0.383 e. The molecule has 0 aromatic heterocycles. The minimum absolute atomic E-state index is 0.0726. The molecule has 0 aliphatic rings. The fourth-order valence-corrected chi connectivity index (χ4v) is 2.05. The molecule has 5 nitrogen and oxygen atoms in total. The third-order valence-corrected chi connectivity index (χ3v) is 3.24. The van der Waals surface area contributed by atoms with Crippen molar-refractivity contribution in [3.63, 3.8) is 0 Å². The average molecular weight is 296 g/mol. The molecule has 0 bridgehead atoms. The van der Waals surface area contributed by atoms with Gasteiger partial charge in [0.15, 0.2) is 5.78 Å². The van der Waals surface area contributed by atoms with Gasteiger partial charge in [0.2, 0.25) is 10.0 Å². The second-order valence-corrected chi connectivity index (χ2v) is 6.59. The van der Waals surface area contributed by atoms with Crippen LogP contribution in [-0.2, 0) is 16.4 Å². The zero-order chi connectivity index (χ0) is 15.2. The molecule has 1 aromatic carbocycles. The van der Waals surface area contributed by atoms with Crippen LogP contribution >= 0.6 is 0 Å². The van der Waals surface area contributed by atoms with Gasteiger partial charge in [-0.2, -0.15) is 0 Å². The Morgan fingerprint density at radius 3 is 2.65 bits per heavy atom. The molecule has 0 fully saturated rings. The van der Waals surface area contributed by atoms with Crippen molar-refractivity contribution in [1.29, 1.82) is 0 Å². The highest BCUT2D eigenvalue weighted by Crippen LogP contribution is 2.07. The fraction of sp³-hybridized carbons (Fsp3) is 0.357. The zero-order valence-corrected chi connectivity index (χ0v) is 12.8. The van der Waals surface area contributed by atoms with Crippen LogP contribution in [0.1, 0.15) is 15.9 Å². The lowest BCUT2D eigenvalue weighted by Crippen LogP contribution is -2.24. The lowest BCUT2D eigenvalue weighted by Gasteiger charge is -2.05. The van der Waals surface area contributed by atoms with Crippen LogP contribution in [0.3, 0.4) is 0 Å². The third kappa shape index (κ3) is 6.49. The van der Waals surface area contributed by atoms with Crippen LogP contribution in [-0.4, -0.2) is 46.0 Å². The van der Waals surface area contributed by atoms with E-state index in [2.05, 4.69) is 4.72 Å². The lowest BCUT2D eigenvalue weighted by atomic mass is 10.1. The molecule has 110 valence electrons. The van der Waals surface area contributed by atoms with E-state index in [-0.39, 0.29) is 5.78 Å². The van der Waals surface area contributed by atoms with Gasteiger partial charge in [-0.1, -0.05) is 18.2 Å². The number of nitrogens with zero attached hydrogens (tertiary/aromatic N) is 1.